The minimum atomic E-state index is -0.378. The maximum Gasteiger partial charge on any atom is 0.239 e. The maximum atomic E-state index is 13.4. The number of halogens is 1. The van der Waals surface area contributed by atoms with Crippen molar-refractivity contribution in [2.45, 2.75) is 20.8 Å². The van der Waals surface area contributed by atoms with E-state index in [-0.39, 0.29) is 30.7 Å². The number of nitrogens with zero attached hydrogens (tertiary/aromatic N) is 3. The molecule has 3 rings (SSSR count). The van der Waals surface area contributed by atoms with E-state index in [1.54, 1.807) is 35.6 Å². The van der Waals surface area contributed by atoms with Gasteiger partial charge in [0.05, 0.1) is 18.7 Å². The molecular weight excluding hydrogens is 421 g/mol. The van der Waals surface area contributed by atoms with Crippen LogP contribution in [0.1, 0.15) is 22.4 Å². The average molecular weight is 448 g/mol. The summed E-state index contributed by atoms with van der Waals surface area (Å²) < 4.78 is 15.1. The number of likely N-dealkylation sites (N-methyl/N-ethyl adjacent to an activating group) is 1. The predicted octanol–water partition coefficient (Wildman–Crippen LogP) is 3.92. The zero-order chi connectivity index (χ0) is 24.1. The van der Waals surface area contributed by atoms with Gasteiger partial charge >= 0.3 is 0 Å². The van der Waals surface area contributed by atoms with E-state index < -0.39 is 0 Å². The van der Waals surface area contributed by atoms with Gasteiger partial charge in [-0.15, -0.1) is 0 Å². The molecule has 2 amide bonds. The molecule has 0 atom stereocenters. The van der Waals surface area contributed by atoms with Crippen LogP contribution in [0, 0.1) is 37.9 Å². The number of amides is 2. The van der Waals surface area contributed by atoms with E-state index in [0.29, 0.717) is 22.8 Å². The number of aryl methyl sites for hydroxylation is 1. The van der Waals surface area contributed by atoms with Crippen LogP contribution in [0.2, 0.25) is 0 Å². The summed E-state index contributed by atoms with van der Waals surface area (Å²) >= 11 is 0. The molecule has 0 unspecified atom stereocenters. The number of nitriles is 1. The average Bonchev–Trinajstić information content (AvgIpc) is 2.99. The molecule has 2 aromatic carbocycles. The Morgan fingerprint density at radius 3 is 2.12 bits per heavy atom. The quantitative estimate of drug-likeness (QED) is 0.574. The first-order valence-electron chi connectivity index (χ1n) is 10.4. The summed E-state index contributed by atoms with van der Waals surface area (Å²) in [6, 6.07) is 15.4. The molecule has 33 heavy (non-hydrogen) atoms. The second kappa shape index (κ2) is 10.1. The Morgan fingerprint density at radius 1 is 0.970 bits per heavy atom. The third-order valence-corrected chi connectivity index (χ3v) is 5.33. The number of anilines is 2. The fraction of sp³-hybridized carbons (Fsp3) is 0.240. The number of carbonyl (C=O) groups is 2. The topological polar surface area (TPSA) is 90.2 Å². The van der Waals surface area contributed by atoms with Gasteiger partial charge in [0.15, 0.2) is 0 Å². The molecule has 1 aromatic heterocycles. The molecule has 2 N–H and O–H groups in total. The van der Waals surface area contributed by atoms with Gasteiger partial charge in [-0.2, -0.15) is 5.26 Å². The monoisotopic (exact) mass is 447 g/mol. The molecule has 8 heteroatoms. The largest absolute Gasteiger partial charge is 0.325 e. The number of carbonyl (C=O) groups excluding carboxylic acids is 2. The van der Waals surface area contributed by atoms with Crippen molar-refractivity contribution in [1.29, 1.82) is 5.26 Å². The van der Waals surface area contributed by atoms with Gasteiger partial charge in [0.2, 0.25) is 11.8 Å². The van der Waals surface area contributed by atoms with E-state index in [2.05, 4.69) is 16.7 Å². The molecule has 0 radical (unpaired) electrons. The molecule has 170 valence electrons. The number of hydrogen-bond acceptors (Lipinski definition) is 4. The summed E-state index contributed by atoms with van der Waals surface area (Å²) in [4.78, 5) is 26.6. The van der Waals surface area contributed by atoms with Crippen LogP contribution in [0.3, 0.4) is 0 Å². The number of aromatic nitrogens is 1. The highest BCUT2D eigenvalue weighted by Crippen LogP contribution is 2.30. The summed E-state index contributed by atoms with van der Waals surface area (Å²) in [5.74, 6) is -0.676. The first-order valence-corrected chi connectivity index (χ1v) is 10.4. The highest BCUT2D eigenvalue weighted by atomic mass is 19.1. The van der Waals surface area contributed by atoms with Gasteiger partial charge < -0.3 is 10.6 Å². The summed E-state index contributed by atoms with van der Waals surface area (Å²) in [6.45, 7) is 5.55. The van der Waals surface area contributed by atoms with E-state index in [0.717, 1.165) is 16.8 Å². The van der Waals surface area contributed by atoms with Crippen LogP contribution < -0.4 is 10.6 Å². The van der Waals surface area contributed by atoms with E-state index in [1.165, 1.54) is 12.1 Å². The Hall–Kier alpha value is -3.96. The second-order valence-electron chi connectivity index (χ2n) is 7.99. The van der Waals surface area contributed by atoms with E-state index in [1.807, 2.05) is 38.1 Å². The highest BCUT2D eigenvalue weighted by Gasteiger charge is 2.21. The molecule has 0 aliphatic carbocycles. The molecule has 0 saturated heterocycles. The predicted molar refractivity (Wildman–Crippen MR) is 126 cm³/mol. The Kier molecular flexibility index (Phi) is 7.26. The van der Waals surface area contributed by atoms with Crippen LogP contribution in [0.4, 0.5) is 15.9 Å². The zero-order valence-electron chi connectivity index (χ0n) is 19.1. The molecular formula is C25H26FN5O2. The van der Waals surface area contributed by atoms with Crippen molar-refractivity contribution in [3.8, 4) is 11.8 Å². The van der Waals surface area contributed by atoms with Crippen LogP contribution in [0.25, 0.3) is 5.69 Å². The van der Waals surface area contributed by atoms with Gasteiger partial charge in [0.25, 0.3) is 0 Å². The summed E-state index contributed by atoms with van der Waals surface area (Å²) in [6.07, 6.45) is 0. The third kappa shape index (κ3) is 5.64. The van der Waals surface area contributed by atoms with Crippen LogP contribution in [-0.2, 0) is 9.59 Å². The molecule has 3 aromatic rings. The van der Waals surface area contributed by atoms with Crippen LogP contribution in [0.15, 0.2) is 48.5 Å². The highest BCUT2D eigenvalue weighted by molar-refractivity contribution is 5.95. The minimum absolute atomic E-state index is 0.0173. The number of nitrogens with one attached hydrogen (secondary N) is 2. The van der Waals surface area contributed by atoms with Gasteiger partial charge in [-0.3, -0.25) is 19.1 Å². The minimum Gasteiger partial charge on any atom is -0.325 e. The fourth-order valence-electron chi connectivity index (χ4n) is 3.53. The van der Waals surface area contributed by atoms with Crippen LogP contribution >= 0.6 is 0 Å². The van der Waals surface area contributed by atoms with Crippen LogP contribution in [-0.4, -0.2) is 41.4 Å². The Balaban J connectivity index is 1.71. The molecule has 0 aliphatic rings. The molecule has 0 fully saturated rings. The molecule has 0 saturated carbocycles. The van der Waals surface area contributed by atoms with Crippen molar-refractivity contribution in [2.24, 2.45) is 0 Å². The number of benzene rings is 2. The first kappa shape index (κ1) is 23.7. The van der Waals surface area contributed by atoms with Crippen molar-refractivity contribution >= 4 is 23.3 Å². The molecule has 0 spiro atoms. The zero-order valence-corrected chi connectivity index (χ0v) is 19.1. The normalized spacial score (nSPS) is 10.7. The van der Waals surface area contributed by atoms with Crippen molar-refractivity contribution in [2.75, 3.05) is 30.8 Å². The van der Waals surface area contributed by atoms with Gasteiger partial charge in [-0.1, -0.05) is 17.7 Å². The van der Waals surface area contributed by atoms with Crippen molar-refractivity contribution in [3.05, 3.63) is 76.7 Å². The summed E-state index contributed by atoms with van der Waals surface area (Å²) in [5, 5.41) is 15.3. The van der Waals surface area contributed by atoms with Crippen molar-refractivity contribution in [3.63, 3.8) is 0 Å². The molecule has 0 bridgehead atoms. The third-order valence-electron chi connectivity index (χ3n) is 5.33. The standard InChI is InChI=1S/C25H26FN5O2/c1-16-5-9-20(10-6-16)28-23(32)14-30(4)15-24(33)29-25-22(13-27)17(2)18(3)31(25)21-11-7-19(26)8-12-21/h5-12H,14-15H2,1-4H3,(H,28,32)(H,29,33). The van der Waals surface area contributed by atoms with Crippen molar-refractivity contribution in [1.82, 2.24) is 9.47 Å². The van der Waals surface area contributed by atoms with Gasteiger partial charge in [0.1, 0.15) is 17.7 Å². The number of rotatable bonds is 7. The maximum absolute atomic E-state index is 13.4. The molecule has 7 nitrogen and oxygen atoms in total. The van der Waals surface area contributed by atoms with Gasteiger partial charge in [-0.25, -0.2) is 4.39 Å². The number of hydrogen-bond donors (Lipinski definition) is 2. The molecule has 0 aliphatic heterocycles. The van der Waals surface area contributed by atoms with Gasteiger partial charge in [0, 0.05) is 17.1 Å². The lowest BCUT2D eigenvalue weighted by Gasteiger charge is -2.17. The lowest BCUT2D eigenvalue weighted by Crippen LogP contribution is -2.36. The Labute approximate surface area is 192 Å². The summed E-state index contributed by atoms with van der Waals surface area (Å²) in [5.41, 5.74) is 4.23. The Morgan fingerprint density at radius 2 is 1.55 bits per heavy atom. The van der Waals surface area contributed by atoms with E-state index >= 15 is 0 Å². The summed E-state index contributed by atoms with van der Waals surface area (Å²) in [7, 11) is 1.66. The van der Waals surface area contributed by atoms with Crippen molar-refractivity contribution < 1.29 is 14.0 Å². The lowest BCUT2D eigenvalue weighted by molar-refractivity contribution is -0.119. The second-order valence-corrected chi connectivity index (χ2v) is 7.99. The Bertz CT molecular complexity index is 1210. The smallest absolute Gasteiger partial charge is 0.239 e. The van der Waals surface area contributed by atoms with E-state index in [9.17, 15) is 19.2 Å². The lowest BCUT2D eigenvalue weighted by atomic mass is 10.2. The first-order chi connectivity index (χ1) is 15.7. The fourth-order valence-corrected chi connectivity index (χ4v) is 3.53. The SMILES string of the molecule is Cc1ccc(NC(=O)CN(C)CC(=O)Nc2c(C#N)c(C)c(C)n2-c2ccc(F)cc2)cc1. The molecule has 1 heterocycles. The van der Waals surface area contributed by atoms with Crippen LogP contribution in [0.5, 0.6) is 0 Å². The van der Waals surface area contributed by atoms with Gasteiger partial charge in [-0.05, 0) is 69.8 Å². The van der Waals surface area contributed by atoms with E-state index in [4.69, 9.17) is 0 Å².